The topological polar surface area (TPSA) is 95.5 Å². The molecule has 0 aliphatic heterocycles. The number of carbonyl (C=O) groups excluding carboxylic acids is 2. The van der Waals surface area contributed by atoms with E-state index in [-0.39, 0.29) is 24.4 Å². The van der Waals surface area contributed by atoms with Crippen LogP contribution in [0.25, 0.3) is 0 Å². The third-order valence-electron chi connectivity index (χ3n) is 3.27. The van der Waals surface area contributed by atoms with E-state index in [9.17, 15) is 14.4 Å². The Morgan fingerprint density at radius 1 is 1.26 bits per heavy atom. The number of Topliss-reactive ketones (excluding diaryl/α,β-unsaturated/α-hetero) is 2. The van der Waals surface area contributed by atoms with Crippen molar-refractivity contribution in [2.75, 3.05) is 7.05 Å². The molecule has 6 nitrogen and oxygen atoms in total. The second-order valence-corrected chi connectivity index (χ2v) is 5.22. The number of hydrogen-bond acceptors (Lipinski definition) is 5. The highest BCUT2D eigenvalue weighted by molar-refractivity contribution is 5.93. The van der Waals surface area contributed by atoms with Crippen LogP contribution in [0.15, 0.2) is 0 Å². The quantitative estimate of drug-likeness (QED) is 0.561. The molecule has 3 N–H and O–H groups in total. The molecule has 0 bridgehead atoms. The molecule has 0 heterocycles. The number of carbonyl (C=O) groups is 3. The SMILES string of the molecule is CNC(C)(C)C(=O)C(CCC(=O)O)NC(C)C(C)=O. The van der Waals surface area contributed by atoms with E-state index in [1.54, 1.807) is 27.8 Å². The molecular weight excluding hydrogens is 248 g/mol. The summed E-state index contributed by atoms with van der Waals surface area (Å²) < 4.78 is 0. The number of carboxylic acid groups (broad SMARTS) is 1. The molecule has 19 heavy (non-hydrogen) atoms. The molecule has 0 spiro atoms. The maximum atomic E-state index is 12.3. The summed E-state index contributed by atoms with van der Waals surface area (Å²) in [6.07, 6.45) is 0.0464. The van der Waals surface area contributed by atoms with Crippen molar-refractivity contribution in [3.8, 4) is 0 Å². The Balaban J connectivity index is 4.89. The highest BCUT2D eigenvalue weighted by Crippen LogP contribution is 2.11. The lowest BCUT2D eigenvalue weighted by Crippen LogP contribution is -2.56. The van der Waals surface area contributed by atoms with Crippen molar-refractivity contribution in [2.24, 2.45) is 0 Å². The maximum absolute atomic E-state index is 12.3. The van der Waals surface area contributed by atoms with Crippen LogP contribution in [-0.4, -0.2) is 47.3 Å². The van der Waals surface area contributed by atoms with Crippen LogP contribution >= 0.6 is 0 Å². The lowest BCUT2D eigenvalue weighted by atomic mass is 9.90. The lowest BCUT2D eigenvalue weighted by molar-refractivity contribution is -0.137. The van der Waals surface area contributed by atoms with Crippen molar-refractivity contribution in [1.29, 1.82) is 0 Å². The van der Waals surface area contributed by atoms with Crippen LogP contribution < -0.4 is 10.6 Å². The zero-order valence-electron chi connectivity index (χ0n) is 12.2. The summed E-state index contributed by atoms with van der Waals surface area (Å²) in [6.45, 7) is 6.54. The van der Waals surface area contributed by atoms with Gasteiger partial charge in [0.25, 0.3) is 0 Å². The van der Waals surface area contributed by atoms with E-state index in [0.29, 0.717) is 0 Å². The highest BCUT2D eigenvalue weighted by atomic mass is 16.4. The second-order valence-electron chi connectivity index (χ2n) is 5.22. The Hall–Kier alpha value is -1.27. The van der Waals surface area contributed by atoms with Crippen molar-refractivity contribution in [2.45, 2.75) is 58.2 Å². The summed E-state index contributed by atoms with van der Waals surface area (Å²) in [7, 11) is 1.67. The number of nitrogens with one attached hydrogen (secondary N) is 2. The molecule has 0 aliphatic carbocycles. The number of hydrogen-bond donors (Lipinski definition) is 3. The minimum atomic E-state index is -0.961. The molecule has 0 aliphatic rings. The summed E-state index contributed by atoms with van der Waals surface area (Å²) in [6, 6.07) is -1.13. The van der Waals surface area contributed by atoms with Gasteiger partial charge in [0.05, 0.1) is 17.6 Å². The van der Waals surface area contributed by atoms with E-state index in [1.807, 2.05) is 0 Å². The first kappa shape index (κ1) is 17.7. The fourth-order valence-electron chi connectivity index (χ4n) is 1.54. The molecule has 0 aromatic carbocycles. The fraction of sp³-hybridized carbons (Fsp3) is 0.769. The molecule has 2 unspecified atom stereocenters. The third-order valence-corrected chi connectivity index (χ3v) is 3.27. The van der Waals surface area contributed by atoms with Crippen LogP contribution in [0.4, 0.5) is 0 Å². The van der Waals surface area contributed by atoms with Gasteiger partial charge in [-0.15, -0.1) is 0 Å². The maximum Gasteiger partial charge on any atom is 0.303 e. The van der Waals surface area contributed by atoms with E-state index >= 15 is 0 Å². The van der Waals surface area contributed by atoms with E-state index in [0.717, 1.165) is 0 Å². The Morgan fingerprint density at radius 2 is 1.79 bits per heavy atom. The first-order valence-electron chi connectivity index (χ1n) is 6.33. The molecule has 0 saturated heterocycles. The summed E-state index contributed by atoms with van der Waals surface area (Å²) in [5, 5.41) is 14.5. The summed E-state index contributed by atoms with van der Waals surface area (Å²) >= 11 is 0. The Bertz CT molecular complexity index is 353. The lowest BCUT2D eigenvalue weighted by Gasteiger charge is -2.29. The number of carboxylic acids is 1. The molecule has 0 radical (unpaired) electrons. The monoisotopic (exact) mass is 272 g/mol. The Labute approximate surface area is 113 Å². The standard InChI is InChI=1S/C13H24N2O4/c1-8(9(2)16)15-10(6-7-11(17)18)12(19)13(3,4)14-5/h8,10,14-15H,6-7H2,1-5H3,(H,17,18). The third kappa shape index (κ3) is 5.94. The first-order chi connectivity index (χ1) is 8.61. The van der Waals surface area contributed by atoms with Gasteiger partial charge in [0.1, 0.15) is 5.78 Å². The summed E-state index contributed by atoms with van der Waals surface area (Å²) in [4.78, 5) is 34.2. The fourth-order valence-corrected chi connectivity index (χ4v) is 1.54. The van der Waals surface area contributed by atoms with Crippen molar-refractivity contribution in [3.05, 3.63) is 0 Å². The molecular formula is C13H24N2O4. The van der Waals surface area contributed by atoms with Crippen molar-refractivity contribution < 1.29 is 19.5 Å². The van der Waals surface area contributed by atoms with Crippen LogP contribution in [0.3, 0.4) is 0 Å². The van der Waals surface area contributed by atoms with E-state index in [4.69, 9.17) is 5.11 Å². The molecule has 2 atom stereocenters. The van der Waals surface area contributed by atoms with Crippen LogP contribution in [-0.2, 0) is 14.4 Å². The zero-order valence-corrected chi connectivity index (χ0v) is 12.2. The number of ketones is 2. The smallest absolute Gasteiger partial charge is 0.303 e. The number of rotatable bonds is 9. The van der Waals surface area contributed by atoms with Gasteiger partial charge in [-0.3, -0.25) is 19.7 Å². The van der Waals surface area contributed by atoms with E-state index < -0.39 is 23.6 Å². The number of likely N-dealkylation sites (N-methyl/N-ethyl adjacent to an activating group) is 1. The molecule has 0 saturated carbocycles. The van der Waals surface area contributed by atoms with E-state index in [2.05, 4.69) is 10.6 Å². The van der Waals surface area contributed by atoms with Gasteiger partial charge in [-0.05, 0) is 41.2 Å². The Kier molecular flexibility index (Phi) is 6.86. The van der Waals surface area contributed by atoms with E-state index in [1.165, 1.54) is 6.92 Å². The van der Waals surface area contributed by atoms with Crippen LogP contribution in [0.5, 0.6) is 0 Å². The van der Waals surface area contributed by atoms with Gasteiger partial charge < -0.3 is 10.4 Å². The zero-order chi connectivity index (χ0) is 15.2. The van der Waals surface area contributed by atoms with Crippen molar-refractivity contribution >= 4 is 17.5 Å². The van der Waals surface area contributed by atoms with Gasteiger partial charge in [-0.1, -0.05) is 0 Å². The molecule has 110 valence electrons. The van der Waals surface area contributed by atoms with Gasteiger partial charge in [0.15, 0.2) is 5.78 Å². The van der Waals surface area contributed by atoms with Gasteiger partial charge in [-0.25, -0.2) is 0 Å². The second kappa shape index (κ2) is 7.35. The molecule has 0 aromatic heterocycles. The van der Waals surface area contributed by atoms with Gasteiger partial charge in [0, 0.05) is 6.42 Å². The Morgan fingerprint density at radius 3 is 2.16 bits per heavy atom. The summed E-state index contributed by atoms with van der Waals surface area (Å²) in [5.41, 5.74) is -0.771. The van der Waals surface area contributed by atoms with Crippen LogP contribution in [0, 0.1) is 0 Å². The molecule has 0 aromatic rings. The first-order valence-corrected chi connectivity index (χ1v) is 6.33. The average Bonchev–Trinajstić information content (AvgIpc) is 2.32. The average molecular weight is 272 g/mol. The molecule has 0 rings (SSSR count). The summed E-state index contributed by atoms with van der Waals surface area (Å²) in [5.74, 6) is -1.20. The highest BCUT2D eigenvalue weighted by Gasteiger charge is 2.33. The molecule has 6 heteroatoms. The van der Waals surface area contributed by atoms with Gasteiger partial charge in [0.2, 0.25) is 0 Å². The van der Waals surface area contributed by atoms with Crippen LogP contribution in [0.1, 0.15) is 40.5 Å². The van der Waals surface area contributed by atoms with Gasteiger partial charge in [-0.2, -0.15) is 0 Å². The van der Waals surface area contributed by atoms with Crippen molar-refractivity contribution in [1.82, 2.24) is 10.6 Å². The van der Waals surface area contributed by atoms with Gasteiger partial charge >= 0.3 is 5.97 Å². The predicted molar refractivity (Wildman–Crippen MR) is 72.1 cm³/mol. The number of aliphatic carboxylic acids is 1. The normalized spacial score (nSPS) is 14.8. The largest absolute Gasteiger partial charge is 0.481 e. The minimum absolute atomic E-state index is 0.0876. The van der Waals surface area contributed by atoms with Crippen molar-refractivity contribution in [3.63, 3.8) is 0 Å². The molecule has 0 amide bonds. The van der Waals surface area contributed by atoms with Crippen LogP contribution in [0.2, 0.25) is 0 Å². The predicted octanol–water partition coefficient (Wildman–Crippen LogP) is 0.354. The molecule has 0 fully saturated rings. The minimum Gasteiger partial charge on any atom is -0.481 e.